The highest BCUT2D eigenvalue weighted by Crippen LogP contribution is 2.43. The van der Waals surface area contributed by atoms with Gasteiger partial charge in [-0.2, -0.15) is 0 Å². The maximum absolute atomic E-state index is 11.2. The first kappa shape index (κ1) is 18.5. The maximum Gasteiger partial charge on any atom is 0.524 e. The summed E-state index contributed by atoms with van der Waals surface area (Å²) in [4.78, 5) is 18.3. The van der Waals surface area contributed by atoms with E-state index < -0.39 is 7.82 Å². The summed E-state index contributed by atoms with van der Waals surface area (Å²) in [6.45, 7) is 3.00. The number of rotatable bonds is 10. The van der Waals surface area contributed by atoms with E-state index in [-0.39, 0.29) is 12.0 Å². The number of ether oxygens (including phenoxy) is 1. The van der Waals surface area contributed by atoms with Crippen molar-refractivity contribution in [3.63, 3.8) is 0 Å². The Balaban J connectivity index is 2.10. The Kier molecular flexibility index (Phi) is 7.09. The minimum absolute atomic E-state index is 0.208. The first-order valence-electron chi connectivity index (χ1n) is 8.45. The highest BCUT2D eigenvalue weighted by molar-refractivity contribution is 7.46. The molecule has 2 unspecified atom stereocenters. The Bertz CT molecular complexity index is 523. The third-order valence-corrected chi connectivity index (χ3v) is 4.76. The fourth-order valence-corrected chi connectivity index (χ4v) is 3.46. The quantitative estimate of drug-likeness (QED) is 0.487. The van der Waals surface area contributed by atoms with Crippen molar-refractivity contribution in [2.24, 2.45) is 0 Å². The Morgan fingerprint density at radius 2 is 2.04 bits per heavy atom. The molecule has 23 heavy (non-hydrogen) atoms. The van der Waals surface area contributed by atoms with Crippen LogP contribution in [0.3, 0.4) is 0 Å². The van der Waals surface area contributed by atoms with Crippen molar-refractivity contribution in [2.75, 3.05) is 6.61 Å². The smallest absolute Gasteiger partial charge is 0.404 e. The summed E-state index contributed by atoms with van der Waals surface area (Å²) < 4.78 is 21.7. The molecular weight excluding hydrogens is 315 g/mol. The molecule has 0 bridgehead atoms. The molecule has 0 aromatic heterocycles. The van der Waals surface area contributed by atoms with Crippen LogP contribution in [-0.2, 0) is 9.30 Å². The molecule has 130 valence electrons. The molecule has 0 spiro atoms. The summed E-state index contributed by atoms with van der Waals surface area (Å²) in [6, 6.07) is 7.17. The lowest BCUT2D eigenvalue weighted by Crippen LogP contribution is -2.28. The van der Waals surface area contributed by atoms with Crippen molar-refractivity contribution in [1.29, 1.82) is 0 Å². The van der Waals surface area contributed by atoms with Crippen molar-refractivity contribution in [2.45, 2.75) is 63.9 Å². The molecule has 2 rings (SSSR count). The van der Waals surface area contributed by atoms with Gasteiger partial charge in [-0.25, -0.2) is 4.57 Å². The summed E-state index contributed by atoms with van der Waals surface area (Å²) in [5.74, 6) is 0.501. The van der Waals surface area contributed by atoms with Crippen molar-refractivity contribution in [3.8, 4) is 5.75 Å². The first-order valence-corrected chi connectivity index (χ1v) is 9.98. The highest BCUT2D eigenvalue weighted by Gasteiger charge is 2.27. The Hall–Kier alpha value is -0.870. The van der Waals surface area contributed by atoms with Crippen molar-refractivity contribution >= 4 is 7.82 Å². The van der Waals surface area contributed by atoms with E-state index in [1.165, 1.54) is 19.3 Å². The number of unbranched alkanes of at least 4 members (excludes halogenated alkanes) is 3. The lowest BCUT2D eigenvalue weighted by molar-refractivity contribution is -0.0585. The summed E-state index contributed by atoms with van der Waals surface area (Å²) in [5, 5.41) is 0. The number of benzene rings is 1. The molecule has 1 fully saturated rings. The number of phosphoric ester groups is 1. The average molecular weight is 342 g/mol. The maximum atomic E-state index is 11.2. The summed E-state index contributed by atoms with van der Waals surface area (Å²) in [5.41, 5.74) is 0.878. The van der Waals surface area contributed by atoms with E-state index in [0.717, 1.165) is 37.9 Å². The molecule has 1 saturated heterocycles. The normalized spacial score (nSPS) is 19.2. The van der Waals surface area contributed by atoms with Gasteiger partial charge in [0.25, 0.3) is 0 Å². The highest BCUT2D eigenvalue weighted by atomic mass is 31.2. The Morgan fingerprint density at radius 3 is 2.65 bits per heavy atom. The fraction of sp³-hybridized carbons (Fsp3) is 0.647. The van der Waals surface area contributed by atoms with E-state index in [1.54, 1.807) is 12.1 Å². The molecule has 0 amide bonds. The van der Waals surface area contributed by atoms with Crippen LogP contribution >= 0.6 is 7.82 Å². The minimum Gasteiger partial charge on any atom is -0.404 e. The molecule has 1 aromatic rings. The van der Waals surface area contributed by atoms with Gasteiger partial charge in [0.05, 0.1) is 6.10 Å². The fourth-order valence-electron chi connectivity index (χ4n) is 3.03. The molecule has 1 aliphatic heterocycles. The van der Waals surface area contributed by atoms with Crippen molar-refractivity contribution < 1.29 is 23.6 Å². The molecule has 1 aromatic carbocycles. The van der Waals surface area contributed by atoms with E-state index >= 15 is 0 Å². The molecule has 0 saturated carbocycles. The number of hydrogen-bond donors (Lipinski definition) is 2. The molecule has 0 radical (unpaired) electrons. The van der Waals surface area contributed by atoms with Gasteiger partial charge in [0.2, 0.25) is 0 Å². The Morgan fingerprint density at radius 1 is 1.30 bits per heavy atom. The van der Waals surface area contributed by atoms with Crippen LogP contribution in [0.15, 0.2) is 24.3 Å². The van der Waals surface area contributed by atoms with Crippen LogP contribution in [0.5, 0.6) is 5.75 Å². The molecule has 5 nitrogen and oxygen atoms in total. The van der Waals surface area contributed by atoms with Gasteiger partial charge in [0.15, 0.2) is 0 Å². The van der Waals surface area contributed by atoms with Crippen molar-refractivity contribution in [1.82, 2.24) is 0 Å². The topological polar surface area (TPSA) is 76.0 Å². The van der Waals surface area contributed by atoms with E-state index in [9.17, 15) is 4.57 Å². The molecule has 1 aliphatic rings. The van der Waals surface area contributed by atoms with Crippen LogP contribution in [0.4, 0.5) is 0 Å². The number of phosphoric acid groups is 1. The largest absolute Gasteiger partial charge is 0.524 e. The van der Waals surface area contributed by atoms with E-state index in [1.807, 2.05) is 12.1 Å². The second-order valence-corrected chi connectivity index (χ2v) is 7.35. The SMILES string of the molecule is CCCCCCC(CC1CCO1)c1ccccc1OP(=O)(O)O. The van der Waals surface area contributed by atoms with Crippen molar-refractivity contribution in [3.05, 3.63) is 29.8 Å². The van der Waals surface area contributed by atoms with Crippen LogP contribution in [0, 0.1) is 0 Å². The van der Waals surface area contributed by atoms with Gasteiger partial charge in [0.1, 0.15) is 5.75 Å². The molecule has 0 aliphatic carbocycles. The predicted octanol–water partition coefficient (Wildman–Crippen LogP) is 4.39. The van der Waals surface area contributed by atoms with Crippen LogP contribution in [0.25, 0.3) is 0 Å². The van der Waals surface area contributed by atoms with Gasteiger partial charge in [-0.3, -0.25) is 9.79 Å². The van der Waals surface area contributed by atoms with Crippen LogP contribution in [0.1, 0.15) is 63.4 Å². The lowest BCUT2D eigenvalue weighted by atomic mass is 9.86. The zero-order chi connectivity index (χ0) is 16.7. The number of hydrogen-bond acceptors (Lipinski definition) is 3. The molecule has 1 heterocycles. The van der Waals surface area contributed by atoms with Crippen LogP contribution in [0.2, 0.25) is 0 Å². The first-order chi connectivity index (χ1) is 11.0. The van der Waals surface area contributed by atoms with Gasteiger partial charge in [0, 0.05) is 6.61 Å². The van der Waals surface area contributed by atoms with Gasteiger partial charge >= 0.3 is 7.82 Å². The van der Waals surface area contributed by atoms with Crippen LogP contribution in [-0.4, -0.2) is 22.5 Å². The summed E-state index contributed by atoms with van der Waals surface area (Å²) >= 11 is 0. The van der Waals surface area contributed by atoms with E-state index in [2.05, 4.69) is 6.92 Å². The second-order valence-electron chi connectivity index (χ2n) is 6.18. The van der Waals surface area contributed by atoms with Gasteiger partial charge in [-0.1, -0.05) is 50.8 Å². The average Bonchev–Trinajstić information content (AvgIpc) is 2.44. The summed E-state index contributed by atoms with van der Waals surface area (Å²) in [6.07, 6.45) is 7.88. The Labute approximate surface area is 138 Å². The molecular formula is C17H27O5P. The monoisotopic (exact) mass is 342 g/mol. The van der Waals surface area contributed by atoms with Crippen LogP contribution < -0.4 is 4.52 Å². The molecule has 6 heteroatoms. The molecule has 2 N–H and O–H groups in total. The second kappa shape index (κ2) is 8.84. The predicted molar refractivity (Wildman–Crippen MR) is 89.6 cm³/mol. The summed E-state index contributed by atoms with van der Waals surface area (Å²) in [7, 11) is -4.55. The third-order valence-electron chi connectivity index (χ3n) is 4.32. The molecule has 2 atom stereocenters. The zero-order valence-corrected chi connectivity index (χ0v) is 14.6. The third kappa shape index (κ3) is 6.27. The van der Waals surface area contributed by atoms with Gasteiger partial charge < -0.3 is 9.26 Å². The minimum atomic E-state index is -4.55. The standard InChI is InChI=1S/C17H27O5P/c1-2-3-4-5-8-14(13-15-11-12-21-15)16-9-6-7-10-17(16)22-23(18,19)20/h6-7,9-10,14-15H,2-5,8,11-13H2,1H3,(H2,18,19,20). The lowest BCUT2D eigenvalue weighted by Gasteiger charge is -2.31. The van der Waals surface area contributed by atoms with E-state index in [4.69, 9.17) is 19.0 Å². The zero-order valence-electron chi connectivity index (χ0n) is 13.7. The van der Waals surface area contributed by atoms with Gasteiger partial charge in [-0.05, 0) is 36.8 Å². The number of para-hydroxylation sites is 1. The van der Waals surface area contributed by atoms with Gasteiger partial charge in [-0.15, -0.1) is 0 Å². The van der Waals surface area contributed by atoms with E-state index in [0.29, 0.717) is 5.75 Å².